The summed E-state index contributed by atoms with van der Waals surface area (Å²) in [6.45, 7) is 0.937. The Kier molecular flexibility index (Phi) is 6.73. The van der Waals surface area contributed by atoms with Gasteiger partial charge in [-0.25, -0.2) is 13.2 Å². The lowest BCUT2D eigenvalue weighted by atomic mass is 10.1. The van der Waals surface area contributed by atoms with Gasteiger partial charge in [0.2, 0.25) is 10.0 Å². The highest BCUT2D eigenvalue weighted by Gasteiger charge is 2.27. The Morgan fingerprint density at radius 3 is 2.40 bits per heavy atom. The number of hydrogen-bond acceptors (Lipinski definition) is 6. The normalized spacial score (nSPS) is 14.7. The number of benzene rings is 2. The molecule has 0 aliphatic carbocycles. The van der Waals surface area contributed by atoms with Crippen LogP contribution < -0.4 is 10.1 Å². The molecule has 1 heterocycles. The van der Waals surface area contributed by atoms with Gasteiger partial charge in [0.15, 0.2) is 0 Å². The first kappa shape index (κ1) is 21.8. The van der Waals surface area contributed by atoms with E-state index in [1.54, 1.807) is 18.2 Å². The second-order valence-electron chi connectivity index (χ2n) is 6.85. The van der Waals surface area contributed by atoms with Crippen molar-refractivity contribution in [1.82, 2.24) is 4.31 Å². The highest BCUT2D eigenvalue weighted by atomic mass is 32.2. The van der Waals surface area contributed by atoms with Gasteiger partial charge in [0, 0.05) is 18.8 Å². The minimum Gasteiger partial charge on any atom is -0.496 e. The van der Waals surface area contributed by atoms with Crippen molar-refractivity contribution in [2.45, 2.75) is 24.2 Å². The molecular formula is C21H24N2O6S. The third kappa shape index (κ3) is 4.63. The van der Waals surface area contributed by atoms with Crippen LogP contribution >= 0.6 is 0 Å². The summed E-state index contributed by atoms with van der Waals surface area (Å²) in [5.74, 6) is -0.836. The van der Waals surface area contributed by atoms with Crippen LogP contribution in [0.5, 0.6) is 5.75 Å². The average Bonchev–Trinajstić information content (AvgIpc) is 2.78. The number of amides is 1. The number of nitrogens with one attached hydrogen (secondary N) is 1. The molecule has 30 heavy (non-hydrogen) atoms. The summed E-state index contributed by atoms with van der Waals surface area (Å²) in [7, 11) is -1.02. The zero-order valence-electron chi connectivity index (χ0n) is 16.9. The molecule has 1 amide bonds. The predicted octanol–water partition coefficient (Wildman–Crippen LogP) is 2.91. The summed E-state index contributed by atoms with van der Waals surface area (Å²) in [5, 5.41) is 2.68. The first-order chi connectivity index (χ1) is 14.4. The van der Waals surface area contributed by atoms with Crippen LogP contribution in [0.3, 0.4) is 0 Å². The van der Waals surface area contributed by atoms with E-state index in [1.807, 2.05) is 0 Å². The number of carbonyl (C=O) groups excluding carboxylic acids is 2. The van der Waals surface area contributed by atoms with Crippen molar-refractivity contribution >= 4 is 27.6 Å². The van der Waals surface area contributed by atoms with E-state index < -0.39 is 21.9 Å². The van der Waals surface area contributed by atoms with Gasteiger partial charge in [-0.2, -0.15) is 4.31 Å². The van der Waals surface area contributed by atoms with E-state index in [4.69, 9.17) is 4.74 Å². The molecule has 0 saturated carbocycles. The van der Waals surface area contributed by atoms with Crippen LogP contribution in [-0.2, 0) is 14.8 Å². The standard InChI is InChI=1S/C21H24N2O6S/c1-28-19-10-9-17(30(26,27)23-11-4-3-5-12-23)14-18(19)20(24)22-16-8-6-7-15(13-16)21(25)29-2/h6-10,13-14H,3-5,11-12H2,1-2H3,(H,22,24). The van der Waals surface area contributed by atoms with Gasteiger partial charge in [0.1, 0.15) is 5.75 Å². The van der Waals surface area contributed by atoms with Crippen LogP contribution in [0.4, 0.5) is 5.69 Å². The Labute approximate surface area is 175 Å². The van der Waals surface area contributed by atoms with Gasteiger partial charge < -0.3 is 14.8 Å². The number of esters is 1. The molecule has 2 aromatic carbocycles. The Morgan fingerprint density at radius 2 is 1.73 bits per heavy atom. The van der Waals surface area contributed by atoms with Crippen molar-refractivity contribution in [2.24, 2.45) is 0 Å². The van der Waals surface area contributed by atoms with Gasteiger partial charge in [-0.05, 0) is 49.2 Å². The third-order valence-corrected chi connectivity index (χ3v) is 6.80. The van der Waals surface area contributed by atoms with Gasteiger partial charge in [0.25, 0.3) is 5.91 Å². The van der Waals surface area contributed by atoms with Gasteiger partial charge >= 0.3 is 5.97 Å². The molecule has 0 bridgehead atoms. The second kappa shape index (κ2) is 9.27. The van der Waals surface area contributed by atoms with Crippen molar-refractivity contribution in [3.05, 3.63) is 53.6 Å². The van der Waals surface area contributed by atoms with E-state index in [1.165, 1.54) is 42.8 Å². The lowest BCUT2D eigenvalue weighted by Crippen LogP contribution is -2.35. The molecule has 0 spiro atoms. The van der Waals surface area contributed by atoms with Crippen molar-refractivity contribution in [1.29, 1.82) is 0 Å². The molecule has 160 valence electrons. The summed E-state index contributed by atoms with van der Waals surface area (Å²) in [4.78, 5) is 24.6. The molecule has 0 radical (unpaired) electrons. The van der Waals surface area contributed by atoms with E-state index in [-0.39, 0.29) is 21.8 Å². The van der Waals surface area contributed by atoms with Crippen LogP contribution in [-0.4, -0.2) is 51.9 Å². The lowest BCUT2D eigenvalue weighted by molar-refractivity contribution is 0.0600. The molecule has 1 saturated heterocycles. The lowest BCUT2D eigenvalue weighted by Gasteiger charge is -2.26. The maximum absolute atomic E-state index is 13.0. The second-order valence-corrected chi connectivity index (χ2v) is 8.79. The van der Waals surface area contributed by atoms with E-state index >= 15 is 0 Å². The molecule has 9 heteroatoms. The fourth-order valence-corrected chi connectivity index (χ4v) is 4.86. The molecule has 1 aliphatic heterocycles. The molecule has 1 fully saturated rings. The Morgan fingerprint density at radius 1 is 1.00 bits per heavy atom. The number of ether oxygens (including phenoxy) is 2. The topological polar surface area (TPSA) is 102 Å². The quantitative estimate of drug-likeness (QED) is 0.704. The molecule has 0 unspecified atom stereocenters. The zero-order valence-corrected chi connectivity index (χ0v) is 17.7. The number of carbonyl (C=O) groups is 2. The molecule has 8 nitrogen and oxygen atoms in total. The van der Waals surface area contributed by atoms with Crippen LogP contribution in [0.1, 0.15) is 40.0 Å². The number of rotatable bonds is 6. The van der Waals surface area contributed by atoms with Gasteiger partial charge in [-0.3, -0.25) is 4.79 Å². The minimum absolute atomic E-state index is 0.0404. The largest absolute Gasteiger partial charge is 0.496 e. The fraction of sp³-hybridized carbons (Fsp3) is 0.333. The fourth-order valence-electron chi connectivity index (χ4n) is 3.32. The molecule has 1 N–H and O–H groups in total. The zero-order chi connectivity index (χ0) is 21.7. The number of methoxy groups -OCH3 is 2. The van der Waals surface area contributed by atoms with Crippen molar-refractivity contribution in [3.63, 3.8) is 0 Å². The SMILES string of the molecule is COC(=O)c1cccc(NC(=O)c2cc(S(=O)(=O)N3CCCCC3)ccc2OC)c1. The van der Waals surface area contributed by atoms with Crippen molar-refractivity contribution < 1.29 is 27.5 Å². The monoisotopic (exact) mass is 432 g/mol. The summed E-state index contributed by atoms with van der Waals surface area (Å²) in [6.07, 6.45) is 2.64. The highest BCUT2D eigenvalue weighted by molar-refractivity contribution is 7.89. The first-order valence-corrected chi connectivity index (χ1v) is 11.0. The molecule has 0 aromatic heterocycles. The third-order valence-electron chi connectivity index (χ3n) is 4.91. The predicted molar refractivity (Wildman–Crippen MR) is 111 cm³/mol. The van der Waals surface area contributed by atoms with Crippen LogP contribution in [0, 0.1) is 0 Å². The molecule has 1 aliphatic rings. The first-order valence-electron chi connectivity index (χ1n) is 9.54. The summed E-state index contributed by atoms with van der Waals surface area (Å²) < 4.78 is 37.3. The molecular weight excluding hydrogens is 408 g/mol. The van der Waals surface area contributed by atoms with E-state index in [0.29, 0.717) is 18.8 Å². The van der Waals surface area contributed by atoms with Crippen LogP contribution in [0.25, 0.3) is 0 Å². The summed E-state index contributed by atoms with van der Waals surface area (Å²) in [5.41, 5.74) is 0.733. The molecule has 0 atom stereocenters. The smallest absolute Gasteiger partial charge is 0.337 e. The number of hydrogen-bond donors (Lipinski definition) is 1. The van der Waals surface area contributed by atoms with Crippen molar-refractivity contribution in [2.75, 3.05) is 32.6 Å². The summed E-state index contributed by atoms with van der Waals surface area (Å²) >= 11 is 0. The average molecular weight is 432 g/mol. The number of piperidine rings is 1. The maximum Gasteiger partial charge on any atom is 0.337 e. The number of sulfonamides is 1. The van der Waals surface area contributed by atoms with Crippen molar-refractivity contribution in [3.8, 4) is 5.75 Å². The van der Waals surface area contributed by atoms with E-state index in [0.717, 1.165) is 19.3 Å². The Balaban J connectivity index is 1.90. The Hall–Kier alpha value is -2.91. The van der Waals surface area contributed by atoms with E-state index in [9.17, 15) is 18.0 Å². The number of anilines is 1. The van der Waals surface area contributed by atoms with Gasteiger partial charge in [0.05, 0.1) is 30.2 Å². The van der Waals surface area contributed by atoms with Gasteiger partial charge in [-0.15, -0.1) is 0 Å². The molecule has 2 aromatic rings. The number of nitrogens with zero attached hydrogens (tertiary/aromatic N) is 1. The Bertz CT molecular complexity index is 1050. The van der Waals surface area contributed by atoms with Crippen LogP contribution in [0.15, 0.2) is 47.4 Å². The van der Waals surface area contributed by atoms with E-state index in [2.05, 4.69) is 10.1 Å². The van der Waals surface area contributed by atoms with Crippen LogP contribution in [0.2, 0.25) is 0 Å². The minimum atomic E-state index is -3.70. The van der Waals surface area contributed by atoms with Gasteiger partial charge in [-0.1, -0.05) is 12.5 Å². The molecule has 3 rings (SSSR count). The maximum atomic E-state index is 13.0. The highest BCUT2D eigenvalue weighted by Crippen LogP contribution is 2.27. The summed E-state index contributed by atoms with van der Waals surface area (Å²) in [6, 6.07) is 10.5.